The number of thiazole rings is 1. The lowest BCUT2D eigenvalue weighted by atomic mass is 9.89. The molecule has 2 rings (SSSR count). The molecule has 2 aromatic rings. The van der Waals surface area contributed by atoms with E-state index in [9.17, 15) is 0 Å². The average molecular weight is 249 g/mol. The second-order valence-corrected chi connectivity index (χ2v) is 6.07. The Morgan fingerprint density at radius 1 is 1.35 bits per heavy atom. The Labute approximate surface area is 106 Å². The summed E-state index contributed by atoms with van der Waals surface area (Å²) in [6.07, 6.45) is 1.02. The zero-order valence-corrected chi connectivity index (χ0v) is 11.2. The van der Waals surface area contributed by atoms with Crippen molar-refractivity contribution in [3.05, 3.63) is 24.3 Å². The van der Waals surface area contributed by atoms with E-state index in [1.165, 1.54) is 4.70 Å². The highest BCUT2D eigenvalue weighted by molar-refractivity contribution is 7.22. The molecule has 0 aliphatic carbocycles. The van der Waals surface area contributed by atoms with Crippen LogP contribution in [0.3, 0.4) is 0 Å². The minimum absolute atomic E-state index is 0.215. The van der Waals surface area contributed by atoms with Crippen LogP contribution in [0.25, 0.3) is 10.2 Å². The van der Waals surface area contributed by atoms with Crippen LogP contribution in [0.15, 0.2) is 24.3 Å². The number of nitrogens with one attached hydrogen (secondary N) is 1. The van der Waals surface area contributed by atoms with Gasteiger partial charge in [0.1, 0.15) is 0 Å². The molecule has 0 unspecified atom stereocenters. The van der Waals surface area contributed by atoms with Gasteiger partial charge in [0.25, 0.3) is 0 Å². The first-order chi connectivity index (χ1) is 8.11. The van der Waals surface area contributed by atoms with E-state index < -0.39 is 0 Å². The van der Waals surface area contributed by atoms with E-state index in [0.717, 1.165) is 30.2 Å². The maximum absolute atomic E-state index is 5.60. The second-order valence-electron chi connectivity index (χ2n) is 5.04. The van der Waals surface area contributed by atoms with Crippen LogP contribution >= 0.6 is 11.3 Å². The molecule has 0 spiro atoms. The van der Waals surface area contributed by atoms with Crippen molar-refractivity contribution < 1.29 is 0 Å². The summed E-state index contributed by atoms with van der Waals surface area (Å²) in [6, 6.07) is 8.21. The van der Waals surface area contributed by atoms with Gasteiger partial charge in [-0.15, -0.1) is 0 Å². The fourth-order valence-electron chi connectivity index (χ4n) is 1.74. The number of nitrogens with zero attached hydrogens (tertiary/aromatic N) is 1. The van der Waals surface area contributed by atoms with Crippen molar-refractivity contribution in [2.24, 2.45) is 11.1 Å². The summed E-state index contributed by atoms with van der Waals surface area (Å²) in [7, 11) is 0. The monoisotopic (exact) mass is 249 g/mol. The lowest BCUT2D eigenvalue weighted by Gasteiger charge is -2.23. The SMILES string of the molecule is CC(C)(CCN)CNc1nc2ccccc2s1. The zero-order valence-electron chi connectivity index (χ0n) is 10.4. The number of hydrogen-bond acceptors (Lipinski definition) is 4. The van der Waals surface area contributed by atoms with E-state index in [4.69, 9.17) is 5.73 Å². The minimum atomic E-state index is 0.215. The van der Waals surface area contributed by atoms with Gasteiger partial charge in [-0.2, -0.15) is 0 Å². The summed E-state index contributed by atoms with van der Waals surface area (Å²) in [5.41, 5.74) is 6.89. The van der Waals surface area contributed by atoms with Gasteiger partial charge in [0.05, 0.1) is 10.2 Å². The van der Waals surface area contributed by atoms with Gasteiger partial charge in [-0.25, -0.2) is 4.98 Å². The van der Waals surface area contributed by atoms with Gasteiger partial charge in [-0.1, -0.05) is 37.3 Å². The third-order valence-electron chi connectivity index (χ3n) is 2.83. The van der Waals surface area contributed by atoms with Gasteiger partial charge in [0, 0.05) is 6.54 Å². The van der Waals surface area contributed by atoms with Crippen molar-refractivity contribution in [1.82, 2.24) is 4.98 Å². The third kappa shape index (κ3) is 3.17. The first-order valence-corrected chi connectivity index (χ1v) is 6.72. The predicted octanol–water partition coefficient (Wildman–Crippen LogP) is 3.08. The molecular formula is C13H19N3S. The summed E-state index contributed by atoms with van der Waals surface area (Å²) in [6.45, 7) is 6.08. The molecule has 17 heavy (non-hydrogen) atoms. The highest BCUT2D eigenvalue weighted by atomic mass is 32.1. The standard InChI is InChI=1S/C13H19N3S/c1-13(2,7-8-14)9-15-12-16-10-5-3-4-6-11(10)17-12/h3-6H,7-9,14H2,1-2H3,(H,15,16). The number of nitrogens with two attached hydrogens (primary N) is 1. The molecule has 0 atom stereocenters. The molecule has 0 bridgehead atoms. The van der Waals surface area contributed by atoms with Crippen molar-refractivity contribution in [3.8, 4) is 0 Å². The summed E-state index contributed by atoms with van der Waals surface area (Å²) < 4.78 is 1.23. The van der Waals surface area contributed by atoms with Gasteiger partial charge < -0.3 is 11.1 Å². The van der Waals surface area contributed by atoms with Gasteiger partial charge in [0.15, 0.2) is 5.13 Å². The van der Waals surface area contributed by atoms with Crippen LogP contribution in [0.4, 0.5) is 5.13 Å². The summed E-state index contributed by atoms with van der Waals surface area (Å²) in [5.74, 6) is 0. The first kappa shape index (κ1) is 12.3. The number of hydrogen-bond donors (Lipinski definition) is 2. The Balaban J connectivity index is 2.04. The number of anilines is 1. The highest BCUT2D eigenvalue weighted by Crippen LogP contribution is 2.27. The van der Waals surface area contributed by atoms with E-state index in [1.54, 1.807) is 11.3 Å². The second kappa shape index (κ2) is 5.02. The Morgan fingerprint density at radius 3 is 2.82 bits per heavy atom. The van der Waals surface area contributed by atoms with Crippen molar-refractivity contribution in [1.29, 1.82) is 0 Å². The Hall–Kier alpha value is -1.13. The topological polar surface area (TPSA) is 50.9 Å². The molecule has 0 aliphatic rings. The molecule has 0 saturated carbocycles. The lowest BCUT2D eigenvalue weighted by Crippen LogP contribution is -2.25. The average Bonchev–Trinajstić information content (AvgIpc) is 2.69. The molecular weight excluding hydrogens is 230 g/mol. The fraction of sp³-hybridized carbons (Fsp3) is 0.462. The zero-order chi connectivity index (χ0) is 12.3. The van der Waals surface area contributed by atoms with E-state index >= 15 is 0 Å². The first-order valence-electron chi connectivity index (χ1n) is 5.90. The predicted molar refractivity (Wildman–Crippen MR) is 75.6 cm³/mol. The molecule has 0 saturated heterocycles. The van der Waals surface area contributed by atoms with Gasteiger partial charge >= 0.3 is 0 Å². The molecule has 0 aliphatic heterocycles. The number of benzene rings is 1. The van der Waals surface area contributed by atoms with Gasteiger partial charge in [-0.3, -0.25) is 0 Å². The molecule has 0 fully saturated rings. The smallest absolute Gasteiger partial charge is 0.183 e. The molecule has 1 heterocycles. The minimum Gasteiger partial charge on any atom is -0.361 e. The third-order valence-corrected chi connectivity index (χ3v) is 3.83. The maximum atomic E-state index is 5.60. The fourth-order valence-corrected chi connectivity index (χ4v) is 2.60. The van der Waals surface area contributed by atoms with Crippen molar-refractivity contribution in [3.63, 3.8) is 0 Å². The molecule has 3 N–H and O–H groups in total. The van der Waals surface area contributed by atoms with Crippen molar-refractivity contribution in [2.45, 2.75) is 20.3 Å². The van der Waals surface area contributed by atoms with E-state index in [-0.39, 0.29) is 5.41 Å². The summed E-state index contributed by atoms with van der Waals surface area (Å²) in [4.78, 5) is 4.55. The van der Waals surface area contributed by atoms with Crippen LogP contribution in [0, 0.1) is 5.41 Å². The molecule has 92 valence electrons. The van der Waals surface area contributed by atoms with Crippen LogP contribution in [0.1, 0.15) is 20.3 Å². The molecule has 3 nitrogen and oxygen atoms in total. The normalized spacial score (nSPS) is 11.9. The van der Waals surface area contributed by atoms with Crippen LogP contribution in [-0.4, -0.2) is 18.1 Å². The molecule has 1 aromatic carbocycles. The molecule has 0 radical (unpaired) electrons. The van der Waals surface area contributed by atoms with Crippen molar-refractivity contribution in [2.75, 3.05) is 18.4 Å². The van der Waals surface area contributed by atoms with E-state index in [1.807, 2.05) is 18.2 Å². The molecule has 1 aromatic heterocycles. The Kier molecular flexibility index (Phi) is 3.64. The van der Waals surface area contributed by atoms with E-state index in [0.29, 0.717) is 0 Å². The quantitative estimate of drug-likeness (QED) is 0.856. The van der Waals surface area contributed by atoms with E-state index in [2.05, 4.69) is 30.2 Å². The summed E-state index contributed by atoms with van der Waals surface area (Å²) >= 11 is 1.70. The Bertz CT molecular complexity index is 457. The van der Waals surface area contributed by atoms with Crippen LogP contribution < -0.4 is 11.1 Å². The van der Waals surface area contributed by atoms with Crippen LogP contribution in [-0.2, 0) is 0 Å². The highest BCUT2D eigenvalue weighted by Gasteiger charge is 2.17. The van der Waals surface area contributed by atoms with Gasteiger partial charge in [0.2, 0.25) is 0 Å². The van der Waals surface area contributed by atoms with Crippen molar-refractivity contribution >= 4 is 26.7 Å². The maximum Gasteiger partial charge on any atom is 0.183 e. The largest absolute Gasteiger partial charge is 0.361 e. The molecule has 0 amide bonds. The van der Waals surface area contributed by atoms with Crippen LogP contribution in [0.5, 0.6) is 0 Å². The Morgan fingerprint density at radius 2 is 2.12 bits per heavy atom. The number of para-hydroxylation sites is 1. The van der Waals surface area contributed by atoms with Gasteiger partial charge in [-0.05, 0) is 30.5 Å². The lowest BCUT2D eigenvalue weighted by molar-refractivity contribution is 0.365. The summed E-state index contributed by atoms with van der Waals surface area (Å²) in [5, 5.41) is 4.41. The number of aromatic nitrogens is 1. The number of fused-ring (bicyclic) bond motifs is 1. The van der Waals surface area contributed by atoms with Crippen LogP contribution in [0.2, 0.25) is 0 Å². The molecule has 4 heteroatoms. The number of rotatable bonds is 5.